The standard InChI is InChI=1S/C14H11FN6O/c15-13-5-4-11(21-9-18-19-20-21)7-12(13)14(22)17-8-10-3-1-2-6-16-10/h1-7,9H,8H2,(H,17,22). The Morgan fingerprint density at radius 3 is 2.91 bits per heavy atom. The molecule has 0 bridgehead atoms. The van der Waals surface area contributed by atoms with E-state index in [9.17, 15) is 9.18 Å². The van der Waals surface area contributed by atoms with Crippen molar-refractivity contribution in [2.24, 2.45) is 0 Å². The predicted molar refractivity (Wildman–Crippen MR) is 74.5 cm³/mol. The van der Waals surface area contributed by atoms with E-state index in [-0.39, 0.29) is 12.1 Å². The van der Waals surface area contributed by atoms with Crippen LogP contribution in [0.15, 0.2) is 48.9 Å². The number of rotatable bonds is 4. The van der Waals surface area contributed by atoms with Crippen LogP contribution in [0.4, 0.5) is 4.39 Å². The SMILES string of the molecule is O=C(NCc1ccccn1)c1cc(-n2cnnn2)ccc1F. The van der Waals surface area contributed by atoms with E-state index in [1.165, 1.54) is 29.2 Å². The van der Waals surface area contributed by atoms with Gasteiger partial charge in [-0.2, -0.15) is 0 Å². The summed E-state index contributed by atoms with van der Waals surface area (Å²) in [5, 5.41) is 13.3. The van der Waals surface area contributed by atoms with Gasteiger partial charge in [-0.05, 0) is 40.8 Å². The van der Waals surface area contributed by atoms with E-state index in [1.807, 2.05) is 6.07 Å². The summed E-state index contributed by atoms with van der Waals surface area (Å²) in [7, 11) is 0. The van der Waals surface area contributed by atoms with Gasteiger partial charge < -0.3 is 5.32 Å². The fourth-order valence-corrected chi connectivity index (χ4v) is 1.88. The van der Waals surface area contributed by atoms with Crippen LogP contribution in [0.25, 0.3) is 5.69 Å². The van der Waals surface area contributed by atoms with Gasteiger partial charge in [0.15, 0.2) is 0 Å². The molecule has 0 saturated heterocycles. The van der Waals surface area contributed by atoms with E-state index >= 15 is 0 Å². The highest BCUT2D eigenvalue weighted by molar-refractivity contribution is 5.94. The van der Waals surface area contributed by atoms with Crippen LogP contribution in [-0.2, 0) is 6.54 Å². The second kappa shape index (κ2) is 6.08. The smallest absolute Gasteiger partial charge is 0.254 e. The molecule has 0 aliphatic carbocycles. The normalized spacial score (nSPS) is 10.4. The van der Waals surface area contributed by atoms with Gasteiger partial charge in [0.2, 0.25) is 0 Å². The molecule has 1 aromatic carbocycles. The fraction of sp³-hybridized carbons (Fsp3) is 0.0714. The van der Waals surface area contributed by atoms with Crippen LogP contribution in [-0.4, -0.2) is 31.1 Å². The number of nitrogens with one attached hydrogen (secondary N) is 1. The van der Waals surface area contributed by atoms with Crippen molar-refractivity contribution in [1.29, 1.82) is 0 Å². The molecule has 0 aliphatic heterocycles. The van der Waals surface area contributed by atoms with Gasteiger partial charge in [-0.1, -0.05) is 6.07 Å². The quantitative estimate of drug-likeness (QED) is 0.780. The van der Waals surface area contributed by atoms with Crippen molar-refractivity contribution in [3.8, 4) is 5.69 Å². The van der Waals surface area contributed by atoms with Crippen LogP contribution < -0.4 is 5.32 Å². The maximum atomic E-state index is 13.9. The largest absolute Gasteiger partial charge is 0.346 e. The summed E-state index contributed by atoms with van der Waals surface area (Å²) >= 11 is 0. The van der Waals surface area contributed by atoms with Gasteiger partial charge >= 0.3 is 0 Å². The molecule has 0 unspecified atom stereocenters. The lowest BCUT2D eigenvalue weighted by molar-refractivity contribution is 0.0946. The molecule has 0 spiro atoms. The molecule has 0 atom stereocenters. The molecule has 1 amide bonds. The molecule has 2 heterocycles. The molecular weight excluding hydrogens is 287 g/mol. The molecule has 0 aliphatic rings. The average molecular weight is 298 g/mol. The zero-order valence-electron chi connectivity index (χ0n) is 11.3. The van der Waals surface area contributed by atoms with Crippen LogP contribution in [0, 0.1) is 5.82 Å². The first-order valence-corrected chi connectivity index (χ1v) is 6.45. The summed E-state index contributed by atoms with van der Waals surface area (Å²) in [6, 6.07) is 9.44. The number of halogens is 1. The zero-order chi connectivity index (χ0) is 15.4. The zero-order valence-corrected chi connectivity index (χ0v) is 11.3. The van der Waals surface area contributed by atoms with E-state index in [0.29, 0.717) is 11.4 Å². The molecule has 0 radical (unpaired) electrons. The van der Waals surface area contributed by atoms with E-state index in [4.69, 9.17) is 0 Å². The Morgan fingerprint density at radius 1 is 1.27 bits per heavy atom. The number of pyridine rings is 1. The maximum Gasteiger partial charge on any atom is 0.254 e. The number of amides is 1. The molecular formula is C14H11FN6O. The van der Waals surface area contributed by atoms with E-state index in [0.717, 1.165) is 0 Å². The highest BCUT2D eigenvalue weighted by Crippen LogP contribution is 2.13. The molecule has 0 saturated carbocycles. The fourth-order valence-electron chi connectivity index (χ4n) is 1.88. The third kappa shape index (κ3) is 2.95. The Kier molecular flexibility index (Phi) is 3.82. The first kappa shape index (κ1) is 13.8. The number of carbonyl (C=O) groups excluding carboxylic acids is 1. The van der Waals surface area contributed by atoms with Crippen molar-refractivity contribution >= 4 is 5.91 Å². The third-order valence-electron chi connectivity index (χ3n) is 2.96. The van der Waals surface area contributed by atoms with Crippen LogP contribution >= 0.6 is 0 Å². The summed E-state index contributed by atoms with van der Waals surface area (Å²) in [4.78, 5) is 16.2. The van der Waals surface area contributed by atoms with Gasteiger partial charge in [0.25, 0.3) is 5.91 Å². The number of tetrazole rings is 1. The van der Waals surface area contributed by atoms with Gasteiger partial charge in [0.05, 0.1) is 23.5 Å². The van der Waals surface area contributed by atoms with Crippen molar-refractivity contribution in [2.75, 3.05) is 0 Å². The van der Waals surface area contributed by atoms with Crippen molar-refractivity contribution < 1.29 is 9.18 Å². The lowest BCUT2D eigenvalue weighted by Gasteiger charge is -2.07. The summed E-state index contributed by atoms with van der Waals surface area (Å²) in [6.45, 7) is 0.216. The highest BCUT2D eigenvalue weighted by Gasteiger charge is 2.13. The number of benzene rings is 1. The van der Waals surface area contributed by atoms with Crippen molar-refractivity contribution in [2.45, 2.75) is 6.54 Å². The van der Waals surface area contributed by atoms with Crippen molar-refractivity contribution in [3.63, 3.8) is 0 Å². The number of carbonyl (C=O) groups is 1. The molecule has 1 N–H and O–H groups in total. The molecule has 0 fully saturated rings. The topological polar surface area (TPSA) is 85.6 Å². The van der Waals surface area contributed by atoms with E-state index in [2.05, 4.69) is 25.8 Å². The van der Waals surface area contributed by atoms with E-state index < -0.39 is 11.7 Å². The van der Waals surface area contributed by atoms with Crippen LogP contribution in [0.3, 0.4) is 0 Å². The van der Waals surface area contributed by atoms with Crippen LogP contribution in [0.1, 0.15) is 16.1 Å². The predicted octanol–water partition coefficient (Wildman–Crippen LogP) is 1.13. The minimum absolute atomic E-state index is 0.0797. The van der Waals surface area contributed by atoms with Crippen molar-refractivity contribution in [3.05, 3.63) is 66.0 Å². The Balaban J connectivity index is 1.78. The minimum Gasteiger partial charge on any atom is -0.346 e. The van der Waals surface area contributed by atoms with Crippen molar-refractivity contribution in [1.82, 2.24) is 30.5 Å². The maximum absolute atomic E-state index is 13.9. The summed E-state index contributed by atoms with van der Waals surface area (Å²) in [5.41, 5.74) is 1.10. The minimum atomic E-state index is -0.615. The Bertz CT molecular complexity index is 775. The van der Waals surface area contributed by atoms with E-state index in [1.54, 1.807) is 18.3 Å². The molecule has 7 nitrogen and oxygen atoms in total. The van der Waals surface area contributed by atoms with Crippen LogP contribution in [0.2, 0.25) is 0 Å². The van der Waals surface area contributed by atoms with Gasteiger partial charge in [-0.15, -0.1) is 5.10 Å². The Hall–Kier alpha value is -3.16. The number of hydrogen-bond donors (Lipinski definition) is 1. The lowest BCUT2D eigenvalue weighted by atomic mass is 10.1. The number of nitrogens with zero attached hydrogens (tertiary/aromatic N) is 5. The number of aromatic nitrogens is 5. The Labute approximate surface area is 124 Å². The van der Waals surface area contributed by atoms with Gasteiger partial charge in [-0.3, -0.25) is 9.78 Å². The number of hydrogen-bond acceptors (Lipinski definition) is 5. The van der Waals surface area contributed by atoms with Gasteiger partial charge in [-0.25, -0.2) is 9.07 Å². The lowest BCUT2D eigenvalue weighted by Crippen LogP contribution is -2.24. The monoisotopic (exact) mass is 298 g/mol. The van der Waals surface area contributed by atoms with Gasteiger partial charge in [0, 0.05) is 6.20 Å². The van der Waals surface area contributed by atoms with Gasteiger partial charge in [0.1, 0.15) is 12.1 Å². The molecule has 3 rings (SSSR count). The summed E-state index contributed by atoms with van der Waals surface area (Å²) in [5.74, 6) is -1.14. The molecule has 3 aromatic rings. The Morgan fingerprint density at radius 2 is 2.18 bits per heavy atom. The summed E-state index contributed by atoms with van der Waals surface area (Å²) < 4.78 is 15.2. The second-order valence-corrected chi connectivity index (χ2v) is 4.42. The first-order chi connectivity index (χ1) is 10.7. The molecule has 110 valence electrons. The molecule has 22 heavy (non-hydrogen) atoms. The second-order valence-electron chi connectivity index (χ2n) is 4.42. The average Bonchev–Trinajstić information content (AvgIpc) is 3.08. The summed E-state index contributed by atoms with van der Waals surface area (Å²) in [6.07, 6.45) is 2.99. The molecule has 8 heteroatoms. The molecule has 2 aromatic heterocycles. The van der Waals surface area contributed by atoms with Crippen LogP contribution in [0.5, 0.6) is 0 Å². The third-order valence-corrected chi connectivity index (χ3v) is 2.96. The first-order valence-electron chi connectivity index (χ1n) is 6.45. The highest BCUT2D eigenvalue weighted by atomic mass is 19.1.